The molecule has 2 aromatic rings. The van der Waals surface area contributed by atoms with Crippen LogP contribution in [0.25, 0.3) is 0 Å². The van der Waals surface area contributed by atoms with Gasteiger partial charge in [0.05, 0.1) is 5.69 Å². The van der Waals surface area contributed by atoms with Crippen molar-refractivity contribution in [3.05, 3.63) is 45.7 Å². The maximum Gasteiger partial charge on any atom is 0.131 e. The molecule has 1 N–H and O–H groups in total. The minimum atomic E-state index is -0.249. The van der Waals surface area contributed by atoms with Gasteiger partial charge in [-0.3, -0.25) is 0 Å². The highest BCUT2D eigenvalue weighted by atomic mass is 32.1. The van der Waals surface area contributed by atoms with Crippen molar-refractivity contribution in [3.8, 4) is 5.75 Å². The van der Waals surface area contributed by atoms with Gasteiger partial charge in [0.2, 0.25) is 0 Å². The highest BCUT2D eigenvalue weighted by Gasteiger charge is 2.10. The molecule has 0 spiro atoms. The van der Waals surface area contributed by atoms with Gasteiger partial charge >= 0.3 is 0 Å². The van der Waals surface area contributed by atoms with E-state index in [1.54, 1.807) is 30.4 Å². The van der Waals surface area contributed by atoms with E-state index in [2.05, 4.69) is 31.1 Å². The summed E-state index contributed by atoms with van der Waals surface area (Å²) >= 11 is 1.60. The summed E-state index contributed by atoms with van der Waals surface area (Å²) in [6, 6.07) is 4.89. The molecule has 1 heterocycles. The van der Waals surface area contributed by atoms with E-state index in [-0.39, 0.29) is 11.4 Å². The summed E-state index contributed by atoms with van der Waals surface area (Å²) in [5.74, 6) is 0.279. The molecule has 0 saturated heterocycles. The Labute approximate surface area is 129 Å². The van der Waals surface area contributed by atoms with Crippen LogP contribution in [0.15, 0.2) is 23.6 Å². The third-order valence-corrected chi connectivity index (χ3v) is 3.80. The van der Waals surface area contributed by atoms with Crippen molar-refractivity contribution in [2.75, 3.05) is 0 Å². The zero-order valence-corrected chi connectivity index (χ0v) is 13.7. The van der Waals surface area contributed by atoms with E-state index < -0.39 is 0 Å². The maximum absolute atomic E-state index is 13.4. The van der Waals surface area contributed by atoms with Crippen LogP contribution in [0.2, 0.25) is 0 Å². The normalized spacial score (nSPS) is 11.7. The molecule has 0 aliphatic rings. The van der Waals surface area contributed by atoms with Gasteiger partial charge in [-0.1, -0.05) is 6.07 Å². The number of ether oxygens (including phenoxy) is 1. The van der Waals surface area contributed by atoms with E-state index in [0.717, 1.165) is 17.2 Å². The first kappa shape index (κ1) is 15.9. The van der Waals surface area contributed by atoms with Gasteiger partial charge in [0, 0.05) is 23.5 Å². The molecule has 1 aromatic carbocycles. The van der Waals surface area contributed by atoms with Crippen molar-refractivity contribution in [2.24, 2.45) is 0 Å². The first-order chi connectivity index (χ1) is 9.83. The third-order valence-electron chi connectivity index (χ3n) is 2.90. The molecular formula is C16H21FN2OS. The zero-order valence-electron chi connectivity index (χ0n) is 12.9. The van der Waals surface area contributed by atoms with Crippen LogP contribution in [0.4, 0.5) is 4.39 Å². The fourth-order valence-corrected chi connectivity index (χ4v) is 2.38. The quantitative estimate of drug-likeness (QED) is 0.904. The topological polar surface area (TPSA) is 34.1 Å². The molecule has 3 nitrogen and oxygen atoms in total. The van der Waals surface area contributed by atoms with E-state index in [0.29, 0.717) is 17.9 Å². The third kappa shape index (κ3) is 5.10. The Bertz CT molecular complexity index is 605. The average molecular weight is 308 g/mol. The van der Waals surface area contributed by atoms with Crippen molar-refractivity contribution in [1.82, 2.24) is 10.3 Å². The Kier molecular flexibility index (Phi) is 4.96. The summed E-state index contributed by atoms with van der Waals surface area (Å²) in [5, 5.41) is 6.40. The lowest BCUT2D eigenvalue weighted by Gasteiger charge is -2.19. The lowest BCUT2D eigenvalue weighted by atomic mass is 10.1. The number of rotatable bonds is 5. The summed E-state index contributed by atoms with van der Waals surface area (Å²) in [7, 11) is 0. The smallest absolute Gasteiger partial charge is 0.131 e. The zero-order chi connectivity index (χ0) is 15.5. The summed E-state index contributed by atoms with van der Waals surface area (Å²) in [4.78, 5) is 4.51. The number of hydrogen-bond donors (Lipinski definition) is 1. The van der Waals surface area contributed by atoms with Crippen LogP contribution in [-0.4, -0.2) is 10.5 Å². The minimum Gasteiger partial charge on any atom is -0.487 e. The number of benzene rings is 1. The van der Waals surface area contributed by atoms with Gasteiger partial charge in [0.15, 0.2) is 0 Å². The fraction of sp³-hybridized carbons (Fsp3) is 0.438. The van der Waals surface area contributed by atoms with Crippen LogP contribution in [0.1, 0.15) is 37.0 Å². The predicted octanol–water partition coefficient (Wildman–Crippen LogP) is 4.06. The second kappa shape index (κ2) is 6.54. The van der Waals surface area contributed by atoms with E-state index in [1.807, 2.05) is 5.38 Å². The molecular weight excluding hydrogens is 287 g/mol. The van der Waals surface area contributed by atoms with Crippen LogP contribution >= 0.6 is 11.3 Å². The second-order valence-corrected chi connectivity index (χ2v) is 6.98. The number of halogens is 1. The SMILES string of the molecule is Cc1ccc(OCc2csc(CNC(C)(C)C)n2)cc1F. The fourth-order valence-electron chi connectivity index (χ4n) is 1.66. The number of nitrogens with zero attached hydrogens (tertiary/aromatic N) is 1. The molecule has 0 aliphatic heterocycles. The van der Waals surface area contributed by atoms with Gasteiger partial charge in [0.1, 0.15) is 23.2 Å². The highest BCUT2D eigenvalue weighted by Crippen LogP contribution is 2.18. The van der Waals surface area contributed by atoms with Gasteiger partial charge < -0.3 is 10.1 Å². The van der Waals surface area contributed by atoms with Crippen molar-refractivity contribution in [3.63, 3.8) is 0 Å². The van der Waals surface area contributed by atoms with Crippen LogP contribution in [0.5, 0.6) is 5.75 Å². The Morgan fingerprint density at radius 1 is 1.33 bits per heavy atom. The standard InChI is InChI=1S/C16H21FN2OS/c1-11-5-6-13(7-14(11)17)20-9-12-10-21-15(19-12)8-18-16(2,3)4/h5-7,10,18H,8-9H2,1-4H3. The van der Waals surface area contributed by atoms with E-state index in [4.69, 9.17) is 4.74 Å². The Morgan fingerprint density at radius 3 is 2.76 bits per heavy atom. The van der Waals surface area contributed by atoms with Crippen molar-refractivity contribution in [1.29, 1.82) is 0 Å². The van der Waals surface area contributed by atoms with E-state index >= 15 is 0 Å². The first-order valence-electron chi connectivity index (χ1n) is 6.91. The summed E-state index contributed by atoms with van der Waals surface area (Å²) in [5.41, 5.74) is 1.56. The second-order valence-electron chi connectivity index (χ2n) is 6.04. The van der Waals surface area contributed by atoms with Crippen molar-refractivity contribution >= 4 is 11.3 Å². The largest absolute Gasteiger partial charge is 0.487 e. The lowest BCUT2D eigenvalue weighted by molar-refractivity contribution is 0.300. The van der Waals surface area contributed by atoms with Gasteiger partial charge in [0.25, 0.3) is 0 Å². The summed E-state index contributed by atoms with van der Waals surface area (Å²) < 4.78 is 19.0. The Hall–Kier alpha value is -1.46. The molecule has 5 heteroatoms. The number of nitrogens with one attached hydrogen (secondary N) is 1. The number of hydrogen-bond acceptors (Lipinski definition) is 4. The van der Waals surface area contributed by atoms with Gasteiger partial charge in [-0.05, 0) is 39.3 Å². The van der Waals surface area contributed by atoms with Crippen LogP contribution in [-0.2, 0) is 13.2 Å². The number of aromatic nitrogens is 1. The van der Waals surface area contributed by atoms with Gasteiger partial charge in [-0.2, -0.15) is 0 Å². The molecule has 0 unspecified atom stereocenters. The van der Waals surface area contributed by atoms with E-state index in [9.17, 15) is 4.39 Å². The van der Waals surface area contributed by atoms with Crippen LogP contribution in [0, 0.1) is 12.7 Å². The molecule has 21 heavy (non-hydrogen) atoms. The molecule has 0 radical (unpaired) electrons. The Morgan fingerprint density at radius 2 is 2.10 bits per heavy atom. The Balaban J connectivity index is 1.89. The predicted molar refractivity (Wildman–Crippen MR) is 84.2 cm³/mol. The first-order valence-corrected chi connectivity index (χ1v) is 7.79. The monoisotopic (exact) mass is 308 g/mol. The van der Waals surface area contributed by atoms with E-state index in [1.165, 1.54) is 6.07 Å². The summed E-state index contributed by atoms with van der Waals surface area (Å²) in [6.45, 7) is 9.19. The lowest BCUT2D eigenvalue weighted by Crippen LogP contribution is -2.35. The molecule has 0 aliphatic carbocycles. The molecule has 0 saturated carbocycles. The maximum atomic E-state index is 13.4. The molecule has 0 amide bonds. The number of aryl methyl sites for hydroxylation is 1. The molecule has 2 rings (SSSR count). The molecule has 0 bridgehead atoms. The molecule has 1 aromatic heterocycles. The van der Waals surface area contributed by atoms with Crippen LogP contribution < -0.4 is 10.1 Å². The van der Waals surface area contributed by atoms with Crippen LogP contribution in [0.3, 0.4) is 0 Å². The minimum absolute atomic E-state index is 0.0712. The molecule has 0 atom stereocenters. The van der Waals surface area contributed by atoms with Crippen molar-refractivity contribution in [2.45, 2.75) is 46.4 Å². The summed E-state index contributed by atoms with van der Waals surface area (Å²) in [6.07, 6.45) is 0. The van der Waals surface area contributed by atoms with Gasteiger partial charge in [-0.15, -0.1) is 11.3 Å². The average Bonchev–Trinajstić information content (AvgIpc) is 2.85. The molecule has 114 valence electrons. The molecule has 0 fully saturated rings. The van der Waals surface area contributed by atoms with Gasteiger partial charge in [-0.25, -0.2) is 9.37 Å². The highest BCUT2D eigenvalue weighted by molar-refractivity contribution is 7.09. The number of thiazole rings is 1. The van der Waals surface area contributed by atoms with Crippen molar-refractivity contribution < 1.29 is 9.13 Å².